The number of anilines is 2. The molecule has 0 spiro atoms. The molecule has 17 heavy (non-hydrogen) atoms. The van der Waals surface area contributed by atoms with Gasteiger partial charge >= 0.3 is 0 Å². The van der Waals surface area contributed by atoms with Crippen LogP contribution in [0.1, 0.15) is 5.69 Å². The average molecular weight is 250 g/mol. The summed E-state index contributed by atoms with van der Waals surface area (Å²) in [4.78, 5) is 8.22. The molecule has 0 aliphatic carbocycles. The summed E-state index contributed by atoms with van der Waals surface area (Å²) in [6, 6.07) is 3.85. The predicted octanol–water partition coefficient (Wildman–Crippen LogP) is 1.29. The predicted molar refractivity (Wildman–Crippen MR) is 68.1 cm³/mol. The maximum absolute atomic E-state index is 5.63. The van der Waals surface area contributed by atoms with Crippen LogP contribution in [0, 0.1) is 6.92 Å². The Kier molecular flexibility index (Phi) is 3.19. The molecule has 2 heterocycles. The number of nitrogen functional groups attached to an aromatic ring is 1. The van der Waals surface area contributed by atoms with Crippen molar-refractivity contribution < 1.29 is 0 Å². The van der Waals surface area contributed by atoms with Gasteiger partial charge in [-0.05, 0) is 13.0 Å². The highest BCUT2D eigenvalue weighted by atomic mass is 32.2. The molecule has 0 aliphatic heterocycles. The van der Waals surface area contributed by atoms with Crippen molar-refractivity contribution >= 4 is 23.5 Å². The van der Waals surface area contributed by atoms with Gasteiger partial charge in [-0.1, -0.05) is 11.8 Å². The second kappa shape index (κ2) is 4.62. The zero-order valence-electron chi connectivity index (χ0n) is 9.93. The highest BCUT2D eigenvalue weighted by Gasteiger charge is 2.07. The van der Waals surface area contributed by atoms with E-state index in [2.05, 4.69) is 20.4 Å². The van der Waals surface area contributed by atoms with Crippen LogP contribution in [-0.2, 0) is 7.05 Å². The summed E-state index contributed by atoms with van der Waals surface area (Å²) in [6.07, 6.45) is 0. The maximum Gasteiger partial charge on any atom is 0.223 e. The molecule has 0 unspecified atom stereocenters. The Morgan fingerprint density at radius 3 is 2.71 bits per heavy atom. The van der Waals surface area contributed by atoms with E-state index in [0.717, 1.165) is 15.7 Å². The molecular weight excluding hydrogens is 236 g/mol. The molecule has 0 aliphatic rings. The first kappa shape index (κ1) is 11.7. The largest absolute Gasteiger partial charge is 0.373 e. The van der Waals surface area contributed by atoms with E-state index in [4.69, 9.17) is 5.73 Å². The summed E-state index contributed by atoms with van der Waals surface area (Å²) in [5, 5.41) is 9.04. The standard InChI is InChI=1S/C10H14N6S/c1-6-4-9(16(3)15-6)17-8-5-7(12-2)13-10(11)14-8/h4-5H,1-3H3,(H3,11,12,13,14). The first-order chi connectivity index (χ1) is 8.08. The van der Waals surface area contributed by atoms with Gasteiger partial charge in [0.1, 0.15) is 15.9 Å². The smallest absolute Gasteiger partial charge is 0.223 e. The molecular formula is C10H14N6S. The van der Waals surface area contributed by atoms with E-state index in [1.807, 2.05) is 30.8 Å². The third-order valence-corrected chi connectivity index (χ3v) is 3.15. The Labute approximate surface area is 104 Å². The fourth-order valence-electron chi connectivity index (χ4n) is 1.41. The van der Waals surface area contributed by atoms with Crippen molar-refractivity contribution in [2.24, 2.45) is 7.05 Å². The lowest BCUT2D eigenvalue weighted by atomic mass is 10.5. The highest BCUT2D eigenvalue weighted by Crippen LogP contribution is 2.27. The molecule has 0 radical (unpaired) electrons. The summed E-state index contributed by atoms with van der Waals surface area (Å²) in [5.41, 5.74) is 6.61. The van der Waals surface area contributed by atoms with E-state index in [0.29, 0.717) is 5.82 Å². The number of aromatic nitrogens is 4. The number of nitrogens with zero attached hydrogens (tertiary/aromatic N) is 4. The fourth-order valence-corrected chi connectivity index (χ4v) is 2.34. The van der Waals surface area contributed by atoms with Crippen LogP contribution in [0.3, 0.4) is 0 Å². The monoisotopic (exact) mass is 250 g/mol. The van der Waals surface area contributed by atoms with Crippen LogP contribution >= 0.6 is 11.8 Å². The van der Waals surface area contributed by atoms with Crippen molar-refractivity contribution in [1.29, 1.82) is 0 Å². The van der Waals surface area contributed by atoms with Crippen molar-refractivity contribution in [3.05, 3.63) is 17.8 Å². The Balaban J connectivity index is 2.29. The van der Waals surface area contributed by atoms with Crippen LogP contribution in [0.4, 0.5) is 11.8 Å². The Hall–Kier alpha value is -1.76. The third-order valence-electron chi connectivity index (χ3n) is 2.14. The van der Waals surface area contributed by atoms with Gasteiger partial charge in [-0.15, -0.1) is 0 Å². The molecule has 0 atom stereocenters. The topological polar surface area (TPSA) is 81.7 Å². The number of aryl methyl sites for hydroxylation is 2. The number of hydrogen-bond acceptors (Lipinski definition) is 6. The third kappa shape index (κ3) is 2.68. The van der Waals surface area contributed by atoms with Gasteiger partial charge in [-0.3, -0.25) is 4.68 Å². The SMILES string of the molecule is CNc1cc(Sc2cc(C)nn2C)nc(N)n1. The summed E-state index contributed by atoms with van der Waals surface area (Å²) >= 11 is 1.51. The molecule has 3 N–H and O–H groups in total. The molecule has 90 valence electrons. The van der Waals surface area contributed by atoms with Crippen LogP contribution in [0.5, 0.6) is 0 Å². The van der Waals surface area contributed by atoms with Crippen LogP contribution < -0.4 is 11.1 Å². The Morgan fingerprint density at radius 2 is 2.12 bits per heavy atom. The summed E-state index contributed by atoms with van der Waals surface area (Å²) < 4.78 is 1.82. The molecule has 0 fully saturated rings. The lowest BCUT2D eigenvalue weighted by Gasteiger charge is -2.04. The van der Waals surface area contributed by atoms with E-state index >= 15 is 0 Å². The summed E-state index contributed by atoms with van der Waals surface area (Å²) in [6.45, 7) is 1.96. The van der Waals surface area contributed by atoms with Gasteiger partial charge < -0.3 is 11.1 Å². The van der Waals surface area contributed by atoms with E-state index < -0.39 is 0 Å². The lowest BCUT2D eigenvalue weighted by Crippen LogP contribution is -2.01. The Bertz CT molecular complexity index is 536. The van der Waals surface area contributed by atoms with Crippen molar-refractivity contribution in [2.75, 3.05) is 18.1 Å². The van der Waals surface area contributed by atoms with Gasteiger partial charge in [0.15, 0.2) is 0 Å². The first-order valence-corrected chi connectivity index (χ1v) is 5.91. The molecule has 2 rings (SSSR count). The summed E-state index contributed by atoms with van der Waals surface area (Å²) in [5.74, 6) is 0.970. The zero-order chi connectivity index (χ0) is 12.4. The van der Waals surface area contributed by atoms with Crippen LogP contribution in [-0.4, -0.2) is 26.8 Å². The summed E-state index contributed by atoms with van der Waals surface area (Å²) in [7, 11) is 3.70. The number of nitrogens with one attached hydrogen (secondary N) is 1. The molecule has 0 bridgehead atoms. The molecule has 0 saturated heterocycles. The molecule has 7 heteroatoms. The van der Waals surface area contributed by atoms with Crippen LogP contribution in [0.2, 0.25) is 0 Å². The highest BCUT2D eigenvalue weighted by molar-refractivity contribution is 7.99. The minimum Gasteiger partial charge on any atom is -0.373 e. The van der Waals surface area contributed by atoms with Gasteiger partial charge in [0.25, 0.3) is 0 Å². The van der Waals surface area contributed by atoms with Gasteiger partial charge in [0.2, 0.25) is 5.95 Å². The average Bonchev–Trinajstić information content (AvgIpc) is 2.56. The van der Waals surface area contributed by atoms with Crippen molar-refractivity contribution in [3.63, 3.8) is 0 Å². The van der Waals surface area contributed by atoms with E-state index in [1.54, 1.807) is 7.05 Å². The molecule has 2 aromatic heterocycles. The van der Waals surface area contributed by atoms with Gasteiger partial charge in [0.05, 0.1) is 5.69 Å². The first-order valence-electron chi connectivity index (χ1n) is 5.09. The van der Waals surface area contributed by atoms with Gasteiger partial charge in [-0.25, -0.2) is 4.98 Å². The van der Waals surface area contributed by atoms with Gasteiger partial charge in [-0.2, -0.15) is 10.1 Å². The number of rotatable bonds is 3. The number of nitrogens with two attached hydrogens (primary N) is 1. The quantitative estimate of drug-likeness (QED) is 0.799. The molecule has 0 aromatic carbocycles. The maximum atomic E-state index is 5.63. The second-order valence-corrected chi connectivity index (χ2v) is 4.59. The normalized spacial score (nSPS) is 10.5. The molecule has 0 amide bonds. The van der Waals surface area contributed by atoms with E-state index in [-0.39, 0.29) is 5.95 Å². The van der Waals surface area contributed by atoms with Crippen molar-refractivity contribution in [3.8, 4) is 0 Å². The molecule has 6 nitrogen and oxygen atoms in total. The lowest BCUT2D eigenvalue weighted by molar-refractivity contribution is 0.692. The minimum absolute atomic E-state index is 0.262. The van der Waals surface area contributed by atoms with E-state index in [1.165, 1.54) is 11.8 Å². The minimum atomic E-state index is 0.262. The number of hydrogen-bond donors (Lipinski definition) is 2. The van der Waals surface area contributed by atoms with Crippen LogP contribution in [0.25, 0.3) is 0 Å². The second-order valence-electron chi connectivity index (χ2n) is 3.55. The fraction of sp³-hybridized carbons (Fsp3) is 0.300. The van der Waals surface area contributed by atoms with Crippen LogP contribution in [0.15, 0.2) is 22.2 Å². The van der Waals surface area contributed by atoms with Crippen molar-refractivity contribution in [2.45, 2.75) is 17.0 Å². The Morgan fingerprint density at radius 1 is 1.35 bits per heavy atom. The molecule has 0 saturated carbocycles. The zero-order valence-corrected chi connectivity index (χ0v) is 10.7. The van der Waals surface area contributed by atoms with Gasteiger partial charge in [0, 0.05) is 20.2 Å². The molecule has 2 aromatic rings. The van der Waals surface area contributed by atoms with Crippen molar-refractivity contribution in [1.82, 2.24) is 19.7 Å². The van der Waals surface area contributed by atoms with E-state index in [9.17, 15) is 0 Å².